The molecule has 0 saturated carbocycles. The summed E-state index contributed by atoms with van der Waals surface area (Å²) >= 11 is 18.5. The van der Waals surface area contributed by atoms with Crippen LogP contribution in [0.3, 0.4) is 0 Å². The molecule has 2 aromatic carbocycles. The number of nitrogens with one attached hydrogen (secondary N) is 1. The molecule has 0 aliphatic rings. The number of amides is 1. The fourth-order valence-corrected chi connectivity index (χ4v) is 4.28. The third kappa shape index (κ3) is 5.25. The highest BCUT2D eigenvalue weighted by Gasteiger charge is 2.19. The normalized spacial score (nSPS) is 11.0. The van der Waals surface area contributed by atoms with E-state index in [9.17, 15) is 4.79 Å². The molecule has 2 aromatic heterocycles. The van der Waals surface area contributed by atoms with E-state index in [1.165, 1.54) is 0 Å². The van der Waals surface area contributed by atoms with Crippen LogP contribution in [0.1, 0.15) is 38.8 Å². The first kappa shape index (κ1) is 24.2. The lowest BCUT2D eigenvalue weighted by molar-refractivity contribution is 0.0992. The van der Waals surface area contributed by atoms with Crippen LogP contribution < -0.4 is 10.1 Å². The first-order chi connectivity index (χ1) is 16.2. The molecule has 0 saturated heterocycles. The van der Waals surface area contributed by atoms with Crippen molar-refractivity contribution in [1.82, 2.24) is 9.78 Å². The fraction of sp³-hybridized carbons (Fsp3) is 0.200. The predicted molar refractivity (Wildman–Crippen MR) is 134 cm³/mol. The van der Waals surface area contributed by atoms with Gasteiger partial charge in [-0.2, -0.15) is 5.10 Å². The number of carbonyl (C=O) groups excluding carboxylic acids is 1. The van der Waals surface area contributed by atoms with Crippen LogP contribution in [0.2, 0.25) is 15.1 Å². The Morgan fingerprint density at radius 1 is 1.06 bits per heavy atom. The van der Waals surface area contributed by atoms with Crippen molar-refractivity contribution in [1.29, 1.82) is 0 Å². The van der Waals surface area contributed by atoms with E-state index < -0.39 is 0 Å². The number of para-hydroxylation sites is 1. The summed E-state index contributed by atoms with van der Waals surface area (Å²) in [6, 6.07) is 14.2. The maximum Gasteiger partial charge on any atom is 0.291 e. The lowest BCUT2D eigenvalue weighted by Gasteiger charge is -2.09. The van der Waals surface area contributed by atoms with Crippen LogP contribution in [0.5, 0.6) is 5.75 Å². The third-order valence-corrected chi connectivity index (χ3v) is 6.25. The van der Waals surface area contributed by atoms with E-state index >= 15 is 0 Å². The van der Waals surface area contributed by atoms with E-state index in [-0.39, 0.29) is 18.3 Å². The van der Waals surface area contributed by atoms with E-state index in [1.807, 2.05) is 39.0 Å². The quantitative estimate of drug-likeness (QED) is 0.280. The van der Waals surface area contributed by atoms with Crippen LogP contribution in [0.25, 0.3) is 0 Å². The number of aromatic nitrogens is 2. The average Bonchev–Trinajstić information content (AvgIpc) is 3.36. The van der Waals surface area contributed by atoms with Gasteiger partial charge >= 0.3 is 0 Å². The van der Waals surface area contributed by atoms with Crippen LogP contribution in [0.4, 0.5) is 5.69 Å². The second-order valence-electron chi connectivity index (χ2n) is 7.83. The number of benzene rings is 2. The Morgan fingerprint density at radius 2 is 1.85 bits per heavy atom. The van der Waals surface area contributed by atoms with Gasteiger partial charge in [0.15, 0.2) is 5.76 Å². The molecule has 4 aromatic rings. The highest BCUT2D eigenvalue weighted by atomic mass is 35.5. The molecule has 6 nitrogen and oxygen atoms in total. The monoisotopic (exact) mass is 517 g/mol. The lowest BCUT2D eigenvalue weighted by Crippen LogP contribution is -2.12. The molecule has 34 heavy (non-hydrogen) atoms. The second-order valence-corrected chi connectivity index (χ2v) is 9.08. The molecule has 0 aliphatic carbocycles. The van der Waals surface area contributed by atoms with E-state index in [0.717, 1.165) is 16.8 Å². The number of halogens is 3. The summed E-state index contributed by atoms with van der Waals surface area (Å²) in [4.78, 5) is 12.8. The topological polar surface area (TPSA) is 69.3 Å². The van der Waals surface area contributed by atoms with Crippen molar-refractivity contribution < 1.29 is 13.9 Å². The predicted octanol–water partition coefficient (Wildman–Crippen LogP) is 7.24. The number of aryl methyl sites for hydroxylation is 2. The summed E-state index contributed by atoms with van der Waals surface area (Å²) in [6.45, 7) is 6.22. The first-order valence-corrected chi connectivity index (χ1v) is 11.6. The SMILES string of the molecule is Cc1cccc(Cl)c1OCc1ccc(C(=O)Nc2c(C)nn(Cc3ccc(Cl)cc3Cl)c2C)o1. The zero-order valence-electron chi connectivity index (χ0n) is 18.8. The molecule has 0 radical (unpaired) electrons. The van der Waals surface area contributed by atoms with Crippen LogP contribution >= 0.6 is 34.8 Å². The van der Waals surface area contributed by atoms with E-state index in [0.29, 0.717) is 44.5 Å². The zero-order chi connectivity index (χ0) is 24.4. The fourth-order valence-electron chi connectivity index (χ4n) is 3.54. The number of furan rings is 1. The van der Waals surface area contributed by atoms with Gasteiger partial charge in [0.2, 0.25) is 0 Å². The van der Waals surface area contributed by atoms with E-state index in [1.54, 1.807) is 35.0 Å². The number of anilines is 1. The third-order valence-electron chi connectivity index (χ3n) is 5.36. The number of nitrogens with zero attached hydrogens (tertiary/aromatic N) is 2. The zero-order valence-corrected chi connectivity index (χ0v) is 21.1. The van der Waals surface area contributed by atoms with Gasteiger partial charge in [0, 0.05) is 10.0 Å². The molecule has 1 N–H and O–H groups in total. The smallest absolute Gasteiger partial charge is 0.291 e. The standard InChI is InChI=1S/C25H22Cl3N3O3/c1-14-5-4-6-20(27)24(14)33-13-19-9-10-22(34-19)25(32)29-23-15(2)30-31(16(23)3)12-17-7-8-18(26)11-21(17)28/h4-11H,12-13H2,1-3H3,(H,29,32). The minimum atomic E-state index is -0.379. The van der Waals surface area contributed by atoms with Crippen molar-refractivity contribution in [2.45, 2.75) is 33.9 Å². The van der Waals surface area contributed by atoms with Gasteiger partial charge in [0.25, 0.3) is 5.91 Å². The van der Waals surface area contributed by atoms with Gasteiger partial charge in [0.05, 0.1) is 28.6 Å². The van der Waals surface area contributed by atoms with Crippen molar-refractivity contribution in [2.75, 3.05) is 5.32 Å². The molecular formula is C25H22Cl3N3O3. The number of hydrogen-bond acceptors (Lipinski definition) is 4. The number of carbonyl (C=O) groups is 1. The Bertz CT molecular complexity index is 1340. The summed E-state index contributed by atoms with van der Waals surface area (Å²) in [5.74, 6) is 0.884. The molecule has 4 rings (SSSR count). The Balaban J connectivity index is 1.44. The van der Waals surface area contributed by atoms with Crippen LogP contribution in [0, 0.1) is 20.8 Å². The van der Waals surface area contributed by atoms with Crippen LogP contribution in [-0.2, 0) is 13.2 Å². The number of ether oxygens (including phenoxy) is 1. The van der Waals surface area contributed by atoms with Crippen molar-refractivity contribution >= 4 is 46.4 Å². The van der Waals surface area contributed by atoms with Gasteiger partial charge in [-0.05, 0) is 62.2 Å². The first-order valence-electron chi connectivity index (χ1n) is 10.5. The van der Waals surface area contributed by atoms with Gasteiger partial charge in [-0.1, -0.05) is 53.0 Å². The molecular weight excluding hydrogens is 497 g/mol. The minimum Gasteiger partial charge on any atom is -0.484 e. The molecule has 0 fully saturated rings. The Hall–Kier alpha value is -2.93. The Morgan fingerprint density at radius 3 is 2.59 bits per heavy atom. The van der Waals surface area contributed by atoms with Gasteiger partial charge in [-0.3, -0.25) is 9.48 Å². The largest absolute Gasteiger partial charge is 0.484 e. The molecule has 0 spiro atoms. The summed E-state index contributed by atoms with van der Waals surface area (Å²) < 4.78 is 13.3. The van der Waals surface area contributed by atoms with Gasteiger partial charge in [0.1, 0.15) is 18.1 Å². The van der Waals surface area contributed by atoms with E-state index in [2.05, 4.69) is 10.4 Å². The molecule has 0 aliphatic heterocycles. The number of rotatable bonds is 7. The number of hydrogen-bond donors (Lipinski definition) is 1. The van der Waals surface area contributed by atoms with E-state index in [4.69, 9.17) is 44.0 Å². The Kier molecular flexibility index (Phi) is 7.22. The summed E-state index contributed by atoms with van der Waals surface area (Å²) in [6.07, 6.45) is 0. The molecule has 2 heterocycles. The second kappa shape index (κ2) is 10.1. The molecule has 0 atom stereocenters. The van der Waals surface area contributed by atoms with Gasteiger partial charge < -0.3 is 14.5 Å². The van der Waals surface area contributed by atoms with Crippen molar-refractivity contribution in [3.05, 3.63) is 97.6 Å². The Labute approximate surface area is 212 Å². The highest BCUT2D eigenvalue weighted by Crippen LogP contribution is 2.29. The molecule has 9 heteroatoms. The maximum atomic E-state index is 12.8. The van der Waals surface area contributed by atoms with Crippen molar-refractivity contribution in [3.63, 3.8) is 0 Å². The summed E-state index contributed by atoms with van der Waals surface area (Å²) in [5, 5.41) is 9.09. The molecule has 0 unspecified atom stereocenters. The van der Waals surface area contributed by atoms with Gasteiger partial charge in [-0.15, -0.1) is 0 Å². The molecule has 176 valence electrons. The minimum absolute atomic E-state index is 0.149. The summed E-state index contributed by atoms with van der Waals surface area (Å²) in [5.41, 5.74) is 3.89. The maximum absolute atomic E-state index is 12.8. The van der Waals surface area contributed by atoms with Crippen molar-refractivity contribution in [2.24, 2.45) is 0 Å². The van der Waals surface area contributed by atoms with Crippen LogP contribution in [-0.4, -0.2) is 15.7 Å². The highest BCUT2D eigenvalue weighted by molar-refractivity contribution is 6.35. The van der Waals surface area contributed by atoms with Crippen molar-refractivity contribution in [3.8, 4) is 5.75 Å². The lowest BCUT2D eigenvalue weighted by atomic mass is 10.2. The average molecular weight is 519 g/mol. The van der Waals surface area contributed by atoms with Crippen LogP contribution in [0.15, 0.2) is 52.9 Å². The molecule has 0 bridgehead atoms. The molecule has 1 amide bonds. The van der Waals surface area contributed by atoms with Gasteiger partial charge in [-0.25, -0.2) is 0 Å². The summed E-state index contributed by atoms with van der Waals surface area (Å²) in [7, 11) is 0.